The summed E-state index contributed by atoms with van der Waals surface area (Å²) in [5, 5.41) is 4.15. The Balaban J connectivity index is 2.08. The van der Waals surface area contributed by atoms with Gasteiger partial charge in [-0.2, -0.15) is 4.31 Å². The first-order valence-electron chi connectivity index (χ1n) is 8.47. The van der Waals surface area contributed by atoms with E-state index in [2.05, 4.69) is 5.32 Å². The van der Waals surface area contributed by atoms with E-state index in [1.54, 1.807) is 12.1 Å². The Labute approximate surface area is 155 Å². The number of benzene rings is 2. The zero-order chi connectivity index (χ0) is 18.4. The van der Waals surface area contributed by atoms with Crippen LogP contribution in [-0.4, -0.2) is 25.8 Å². The lowest BCUT2D eigenvalue weighted by molar-refractivity contribution is 0.445. The molecule has 6 heteroatoms. The third kappa shape index (κ3) is 4.82. The molecule has 4 nitrogen and oxygen atoms in total. The standard InChI is InChI=1S/C19H25ClN2O2S/c1-4-22(5-2)25(23,24)18-12-10-16(11-13-18)15(3)21-14-17-8-6-7-9-19(17)20/h6-13,15,21H,4-5,14H2,1-3H3. The highest BCUT2D eigenvalue weighted by Crippen LogP contribution is 2.21. The van der Waals surface area contributed by atoms with E-state index in [1.165, 1.54) is 4.31 Å². The zero-order valence-corrected chi connectivity index (χ0v) is 16.4. The van der Waals surface area contributed by atoms with Gasteiger partial charge in [0.05, 0.1) is 4.90 Å². The van der Waals surface area contributed by atoms with Gasteiger partial charge in [-0.15, -0.1) is 0 Å². The number of halogens is 1. The van der Waals surface area contributed by atoms with Crippen molar-refractivity contribution in [3.05, 3.63) is 64.7 Å². The Hall–Kier alpha value is -1.40. The molecule has 1 atom stereocenters. The van der Waals surface area contributed by atoms with E-state index in [-0.39, 0.29) is 6.04 Å². The van der Waals surface area contributed by atoms with E-state index in [0.717, 1.165) is 16.1 Å². The lowest BCUT2D eigenvalue weighted by Crippen LogP contribution is -2.30. The van der Waals surface area contributed by atoms with Gasteiger partial charge in [-0.3, -0.25) is 0 Å². The van der Waals surface area contributed by atoms with Gasteiger partial charge in [0, 0.05) is 30.7 Å². The molecule has 0 aliphatic heterocycles. The fourth-order valence-corrected chi connectivity index (χ4v) is 4.32. The van der Waals surface area contributed by atoms with Crippen molar-refractivity contribution in [1.82, 2.24) is 9.62 Å². The van der Waals surface area contributed by atoms with Crippen LogP contribution in [0.1, 0.15) is 37.9 Å². The Morgan fingerprint density at radius 2 is 1.64 bits per heavy atom. The van der Waals surface area contributed by atoms with Gasteiger partial charge in [0.25, 0.3) is 0 Å². The van der Waals surface area contributed by atoms with Crippen LogP contribution >= 0.6 is 11.6 Å². The van der Waals surface area contributed by atoms with Gasteiger partial charge in [0.1, 0.15) is 0 Å². The minimum atomic E-state index is -3.41. The molecule has 0 heterocycles. The molecule has 0 bridgehead atoms. The van der Waals surface area contributed by atoms with Crippen molar-refractivity contribution in [3.8, 4) is 0 Å². The topological polar surface area (TPSA) is 49.4 Å². The number of sulfonamides is 1. The SMILES string of the molecule is CCN(CC)S(=O)(=O)c1ccc(C(C)NCc2ccccc2Cl)cc1. The molecule has 25 heavy (non-hydrogen) atoms. The van der Waals surface area contributed by atoms with Gasteiger partial charge in [-0.05, 0) is 36.2 Å². The monoisotopic (exact) mass is 380 g/mol. The van der Waals surface area contributed by atoms with Crippen LogP contribution < -0.4 is 5.32 Å². The van der Waals surface area contributed by atoms with E-state index in [4.69, 9.17) is 11.6 Å². The molecule has 0 saturated heterocycles. The Morgan fingerprint density at radius 1 is 1.04 bits per heavy atom. The molecule has 2 aromatic carbocycles. The molecule has 0 radical (unpaired) electrons. The van der Waals surface area contributed by atoms with Crippen LogP contribution in [0.4, 0.5) is 0 Å². The average molecular weight is 381 g/mol. The van der Waals surface area contributed by atoms with E-state index < -0.39 is 10.0 Å². The minimum Gasteiger partial charge on any atom is -0.306 e. The van der Waals surface area contributed by atoms with Crippen molar-refractivity contribution in [2.75, 3.05) is 13.1 Å². The molecule has 0 aliphatic rings. The largest absolute Gasteiger partial charge is 0.306 e. The Bertz CT molecular complexity index is 787. The lowest BCUT2D eigenvalue weighted by Gasteiger charge is -2.19. The summed E-state index contributed by atoms with van der Waals surface area (Å²) in [6.07, 6.45) is 0. The van der Waals surface area contributed by atoms with Crippen LogP contribution in [0, 0.1) is 0 Å². The summed E-state index contributed by atoms with van der Waals surface area (Å²) in [4.78, 5) is 0.332. The highest BCUT2D eigenvalue weighted by atomic mass is 35.5. The molecule has 0 aromatic heterocycles. The van der Waals surface area contributed by atoms with Crippen molar-refractivity contribution < 1.29 is 8.42 Å². The first-order chi connectivity index (χ1) is 11.9. The smallest absolute Gasteiger partial charge is 0.243 e. The molecule has 136 valence electrons. The third-order valence-corrected chi connectivity index (χ3v) is 6.71. The third-order valence-electron chi connectivity index (χ3n) is 4.28. The molecule has 1 unspecified atom stereocenters. The molecule has 0 aliphatic carbocycles. The van der Waals surface area contributed by atoms with Crippen LogP contribution in [0.3, 0.4) is 0 Å². The second kappa shape index (κ2) is 8.81. The fourth-order valence-electron chi connectivity index (χ4n) is 2.66. The van der Waals surface area contributed by atoms with E-state index in [9.17, 15) is 8.42 Å². The van der Waals surface area contributed by atoms with Gasteiger partial charge < -0.3 is 5.32 Å². The van der Waals surface area contributed by atoms with Crippen LogP contribution in [-0.2, 0) is 16.6 Å². The van der Waals surface area contributed by atoms with Gasteiger partial charge >= 0.3 is 0 Å². The molecule has 2 rings (SSSR count). The maximum Gasteiger partial charge on any atom is 0.243 e. The van der Waals surface area contributed by atoms with Crippen molar-refractivity contribution in [2.45, 2.75) is 38.3 Å². The molecule has 2 aromatic rings. The molecular weight excluding hydrogens is 356 g/mol. The zero-order valence-electron chi connectivity index (χ0n) is 14.9. The summed E-state index contributed by atoms with van der Waals surface area (Å²) in [6.45, 7) is 7.32. The molecule has 0 spiro atoms. The molecule has 0 saturated carbocycles. The first-order valence-corrected chi connectivity index (χ1v) is 10.3. The lowest BCUT2D eigenvalue weighted by atomic mass is 10.1. The molecular formula is C19H25ClN2O2S. The number of nitrogens with zero attached hydrogens (tertiary/aromatic N) is 1. The van der Waals surface area contributed by atoms with Gasteiger partial charge in [0.15, 0.2) is 0 Å². The summed E-state index contributed by atoms with van der Waals surface area (Å²) >= 11 is 6.17. The van der Waals surface area contributed by atoms with Crippen LogP contribution in [0.25, 0.3) is 0 Å². The van der Waals surface area contributed by atoms with Crippen LogP contribution in [0.2, 0.25) is 5.02 Å². The number of rotatable bonds is 8. The Morgan fingerprint density at radius 3 is 2.20 bits per heavy atom. The Kier molecular flexibility index (Phi) is 7.02. The van der Waals surface area contributed by atoms with Crippen LogP contribution in [0.5, 0.6) is 0 Å². The second-order valence-electron chi connectivity index (χ2n) is 5.85. The second-order valence-corrected chi connectivity index (χ2v) is 8.20. The van der Waals surface area contributed by atoms with Gasteiger partial charge in [0.2, 0.25) is 10.0 Å². The van der Waals surface area contributed by atoms with Crippen LogP contribution in [0.15, 0.2) is 53.4 Å². The highest BCUT2D eigenvalue weighted by molar-refractivity contribution is 7.89. The quantitative estimate of drug-likeness (QED) is 0.745. The summed E-state index contributed by atoms with van der Waals surface area (Å²) in [7, 11) is -3.41. The maximum atomic E-state index is 12.5. The van der Waals surface area contributed by atoms with Crippen molar-refractivity contribution in [1.29, 1.82) is 0 Å². The minimum absolute atomic E-state index is 0.0847. The van der Waals surface area contributed by atoms with E-state index in [1.807, 2.05) is 57.2 Å². The maximum absolute atomic E-state index is 12.5. The normalized spacial score (nSPS) is 13.2. The summed E-state index contributed by atoms with van der Waals surface area (Å²) < 4.78 is 26.5. The first kappa shape index (κ1) is 19.9. The molecule has 1 N–H and O–H groups in total. The summed E-state index contributed by atoms with van der Waals surface area (Å²) in [5.41, 5.74) is 2.07. The number of hydrogen-bond acceptors (Lipinski definition) is 3. The van der Waals surface area contributed by atoms with Crippen molar-refractivity contribution >= 4 is 21.6 Å². The summed E-state index contributed by atoms with van der Waals surface area (Å²) in [5.74, 6) is 0. The summed E-state index contributed by atoms with van der Waals surface area (Å²) in [6, 6.07) is 14.9. The molecule has 0 fully saturated rings. The average Bonchev–Trinajstić information content (AvgIpc) is 2.61. The highest BCUT2D eigenvalue weighted by Gasteiger charge is 2.21. The van der Waals surface area contributed by atoms with Crippen molar-refractivity contribution in [3.63, 3.8) is 0 Å². The van der Waals surface area contributed by atoms with Gasteiger partial charge in [-0.1, -0.05) is 55.8 Å². The van der Waals surface area contributed by atoms with Crippen molar-refractivity contribution in [2.24, 2.45) is 0 Å². The predicted molar refractivity (Wildman–Crippen MR) is 103 cm³/mol. The fraction of sp³-hybridized carbons (Fsp3) is 0.368. The van der Waals surface area contributed by atoms with E-state index >= 15 is 0 Å². The van der Waals surface area contributed by atoms with E-state index in [0.29, 0.717) is 24.5 Å². The van der Waals surface area contributed by atoms with Gasteiger partial charge in [-0.25, -0.2) is 8.42 Å². The predicted octanol–water partition coefficient (Wildman–Crippen LogP) is 4.22. The number of hydrogen-bond donors (Lipinski definition) is 1. The molecule has 0 amide bonds. The number of nitrogens with one attached hydrogen (secondary N) is 1.